The molecule has 2 aromatic rings. The molecule has 1 atom stereocenters. The molecular weight excluding hydrogens is 232 g/mol. The molecule has 0 radical (unpaired) electrons. The second-order valence-corrected chi connectivity index (χ2v) is 5.06. The van der Waals surface area contributed by atoms with E-state index in [-0.39, 0.29) is 6.04 Å². The summed E-state index contributed by atoms with van der Waals surface area (Å²) in [6, 6.07) is 2.10. The van der Waals surface area contributed by atoms with Gasteiger partial charge < -0.3 is 5.32 Å². The topological polar surface area (TPSA) is 50.7 Å². The number of thiazole rings is 1. The molecule has 0 saturated carbocycles. The molecule has 1 N–H and O–H groups in total. The molecule has 5 heteroatoms. The highest BCUT2D eigenvalue weighted by Gasteiger charge is 2.10. The van der Waals surface area contributed by atoms with Crippen LogP contribution in [0.15, 0.2) is 11.4 Å². The molecule has 90 valence electrons. The van der Waals surface area contributed by atoms with Crippen LogP contribution < -0.4 is 5.32 Å². The van der Waals surface area contributed by atoms with Crippen LogP contribution in [0.3, 0.4) is 0 Å². The Morgan fingerprint density at radius 2 is 1.71 bits per heavy atom. The van der Waals surface area contributed by atoms with Crippen molar-refractivity contribution in [2.75, 3.05) is 5.32 Å². The van der Waals surface area contributed by atoms with Gasteiger partial charge in [0.05, 0.1) is 6.04 Å². The summed E-state index contributed by atoms with van der Waals surface area (Å²) < 4.78 is 0. The molecule has 0 spiro atoms. The van der Waals surface area contributed by atoms with E-state index in [0.29, 0.717) is 5.95 Å². The van der Waals surface area contributed by atoms with Crippen molar-refractivity contribution >= 4 is 17.3 Å². The largest absolute Gasteiger partial charge is 0.345 e. The van der Waals surface area contributed by atoms with Crippen molar-refractivity contribution in [1.29, 1.82) is 0 Å². The fourth-order valence-corrected chi connectivity index (χ4v) is 2.42. The van der Waals surface area contributed by atoms with E-state index < -0.39 is 0 Å². The molecule has 0 saturated heterocycles. The Kier molecular flexibility index (Phi) is 3.38. The molecule has 2 aromatic heterocycles. The predicted octanol–water partition coefficient (Wildman–Crippen LogP) is 3.03. The van der Waals surface area contributed by atoms with Crippen molar-refractivity contribution in [3.05, 3.63) is 33.5 Å². The predicted molar refractivity (Wildman–Crippen MR) is 70.4 cm³/mol. The van der Waals surface area contributed by atoms with Crippen LogP contribution >= 0.6 is 11.3 Å². The van der Waals surface area contributed by atoms with E-state index in [0.717, 1.165) is 22.1 Å². The van der Waals surface area contributed by atoms with Gasteiger partial charge in [0.25, 0.3) is 0 Å². The van der Waals surface area contributed by atoms with Gasteiger partial charge in [0.2, 0.25) is 5.95 Å². The van der Waals surface area contributed by atoms with E-state index in [1.54, 1.807) is 11.3 Å². The average Bonchev–Trinajstić information content (AvgIpc) is 2.63. The van der Waals surface area contributed by atoms with Crippen molar-refractivity contribution in [3.63, 3.8) is 0 Å². The Labute approximate surface area is 105 Å². The highest BCUT2D eigenvalue weighted by molar-refractivity contribution is 7.09. The third-order valence-corrected chi connectivity index (χ3v) is 3.48. The van der Waals surface area contributed by atoms with Crippen LogP contribution in [0.1, 0.15) is 35.1 Å². The van der Waals surface area contributed by atoms with E-state index in [2.05, 4.69) is 32.6 Å². The molecule has 0 aromatic carbocycles. The molecule has 4 nitrogen and oxygen atoms in total. The Balaban J connectivity index is 2.15. The van der Waals surface area contributed by atoms with E-state index in [1.807, 2.05) is 26.8 Å². The van der Waals surface area contributed by atoms with Gasteiger partial charge >= 0.3 is 0 Å². The van der Waals surface area contributed by atoms with E-state index in [9.17, 15) is 0 Å². The number of nitrogens with one attached hydrogen (secondary N) is 1. The molecule has 0 aliphatic carbocycles. The van der Waals surface area contributed by atoms with Gasteiger partial charge in [-0.15, -0.1) is 11.3 Å². The zero-order valence-electron chi connectivity index (χ0n) is 10.5. The third kappa shape index (κ3) is 3.00. The minimum absolute atomic E-state index is 0.134. The van der Waals surface area contributed by atoms with Gasteiger partial charge in [0.15, 0.2) is 0 Å². The molecular formula is C12H16N4S. The van der Waals surface area contributed by atoms with Crippen LogP contribution in [0, 0.1) is 20.8 Å². The van der Waals surface area contributed by atoms with Crippen molar-refractivity contribution in [2.24, 2.45) is 0 Å². The Hall–Kier alpha value is -1.49. The maximum absolute atomic E-state index is 4.45. The zero-order chi connectivity index (χ0) is 12.4. The maximum atomic E-state index is 4.45. The number of hydrogen-bond acceptors (Lipinski definition) is 5. The van der Waals surface area contributed by atoms with Crippen molar-refractivity contribution in [1.82, 2.24) is 15.0 Å². The van der Waals surface area contributed by atoms with Gasteiger partial charge in [-0.3, -0.25) is 0 Å². The fraction of sp³-hybridized carbons (Fsp3) is 0.417. The smallest absolute Gasteiger partial charge is 0.223 e. The molecule has 2 rings (SSSR count). The molecule has 1 unspecified atom stereocenters. The monoisotopic (exact) mass is 248 g/mol. The molecule has 0 aliphatic heterocycles. The average molecular weight is 248 g/mol. The number of hydrogen-bond donors (Lipinski definition) is 1. The minimum Gasteiger partial charge on any atom is -0.345 e. The Morgan fingerprint density at radius 3 is 2.24 bits per heavy atom. The molecule has 0 aliphatic rings. The SMILES string of the molecule is Cc1cc(C)nc(NC(C)c2nc(C)cs2)n1. The van der Waals surface area contributed by atoms with Crippen molar-refractivity contribution < 1.29 is 0 Å². The van der Waals surface area contributed by atoms with E-state index in [1.165, 1.54) is 0 Å². The van der Waals surface area contributed by atoms with Crippen LogP contribution in [0.4, 0.5) is 5.95 Å². The first-order valence-electron chi connectivity index (χ1n) is 5.55. The molecule has 0 amide bonds. The van der Waals surface area contributed by atoms with E-state index >= 15 is 0 Å². The van der Waals surface area contributed by atoms with Crippen LogP contribution in [0.5, 0.6) is 0 Å². The minimum atomic E-state index is 0.134. The first-order chi connectivity index (χ1) is 8.04. The molecule has 2 heterocycles. The number of rotatable bonds is 3. The summed E-state index contributed by atoms with van der Waals surface area (Å²) in [4.78, 5) is 13.2. The first-order valence-corrected chi connectivity index (χ1v) is 6.43. The maximum Gasteiger partial charge on any atom is 0.223 e. The van der Waals surface area contributed by atoms with Gasteiger partial charge in [-0.2, -0.15) is 0 Å². The second kappa shape index (κ2) is 4.79. The first kappa shape index (κ1) is 12.0. The number of aromatic nitrogens is 3. The Morgan fingerprint density at radius 1 is 1.06 bits per heavy atom. The van der Waals surface area contributed by atoms with Crippen molar-refractivity contribution in [3.8, 4) is 0 Å². The molecule has 0 bridgehead atoms. The zero-order valence-corrected chi connectivity index (χ0v) is 11.3. The van der Waals surface area contributed by atoms with Crippen molar-refractivity contribution in [2.45, 2.75) is 33.7 Å². The summed E-state index contributed by atoms with van der Waals surface area (Å²) >= 11 is 1.66. The summed E-state index contributed by atoms with van der Waals surface area (Å²) in [5.74, 6) is 0.669. The highest BCUT2D eigenvalue weighted by Crippen LogP contribution is 2.20. The lowest BCUT2D eigenvalue weighted by Gasteiger charge is -2.11. The highest BCUT2D eigenvalue weighted by atomic mass is 32.1. The van der Waals surface area contributed by atoms with Crippen LogP contribution in [-0.4, -0.2) is 15.0 Å². The van der Waals surface area contributed by atoms with Gasteiger partial charge in [0.1, 0.15) is 5.01 Å². The summed E-state index contributed by atoms with van der Waals surface area (Å²) in [6.45, 7) is 8.01. The number of nitrogens with zero attached hydrogens (tertiary/aromatic N) is 3. The van der Waals surface area contributed by atoms with Crippen LogP contribution in [0.2, 0.25) is 0 Å². The third-order valence-electron chi connectivity index (χ3n) is 2.34. The lowest BCUT2D eigenvalue weighted by molar-refractivity contribution is 0.837. The van der Waals surface area contributed by atoms with Crippen LogP contribution in [-0.2, 0) is 0 Å². The van der Waals surface area contributed by atoms with Gasteiger partial charge in [-0.1, -0.05) is 0 Å². The Bertz CT molecular complexity index is 501. The van der Waals surface area contributed by atoms with Gasteiger partial charge in [0, 0.05) is 22.5 Å². The summed E-state index contributed by atoms with van der Waals surface area (Å²) in [5, 5.41) is 6.39. The summed E-state index contributed by atoms with van der Waals surface area (Å²) in [6.07, 6.45) is 0. The summed E-state index contributed by atoms with van der Waals surface area (Å²) in [5.41, 5.74) is 3.00. The fourth-order valence-electron chi connectivity index (χ4n) is 1.62. The second-order valence-electron chi connectivity index (χ2n) is 4.17. The quantitative estimate of drug-likeness (QED) is 0.907. The normalized spacial score (nSPS) is 12.5. The number of aryl methyl sites for hydroxylation is 3. The molecule has 17 heavy (non-hydrogen) atoms. The van der Waals surface area contributed by atoms with Crippen LogP contribution in [0.25, 0.3) is 0 Å². The molecule has 0 fully saturated rings. The summed E-state index contributed by atoms with van der Waals surface area (Å²) in [7, 11) is 0. The van der Waals surface area contributed by atoms with Gasteiger partial charge in [-0.25, -0.2) is 15.0 Å². The number of anilines is 1. The lowest BCUT2D eigenvalue weighted by atomic mass is 10.3. The van der Waals surface area contributed by atoms with E-state index in [4.69, 9.17) is 0 Å². The standard InChI is InChI=1S/C12H16N4S/c1-7-5-8(2)15-12(14-7)16-10(4)11-13-9(3)6-17-11/h5-6,10H,1-4H3,(H,14,15,16). The van der Waals surface area contributed by atoms with Gasteiger partial charge in [-0.05, 0) is 33.8 Å². The lowest BCUT2D eigenvalue weighted by Crippen LogP contribution is -2.10.